The number of rotatable bonds is 38. The third-order valence-electron chi connectivity index (χ3n) is 10.8. The number of hydrogen-bond acceptors (Lipinski definition) is 5. The first-order valence-corrected chi connectivity index (χ1v) is 22.0. The van der Waals surface area contributed by atoms with E-state index in [-0.39, 0.29) is 11.9 Å². The lowest BCUT2D eigenvalue weighted by Crippen LogP contribution is -2.25. The van der Waals surface area contributed by atoms with Crippen molar-refractivity contribution in [3.63, 3.8) is 0 Å². The zero-order chi connectivity index (χ0) is 37.6. The molecule has 298 valence electrons. The highest BCUT2D eigenvalue weighted by Gasteiger charge is 2.12. The van der Waals surface area contributed by atoms with Crippen molar-refractivity contribution in [1.82, 2.24) is 4.90 Å². The fourth-order valence-electron chi connectivity index (χ4n) is 7.00. The van der Waals surface area contributed by atoms with Gasteiger partial charge in [0.25, 0.3) is 0 Å². The summed E-state index contributed by atoms with van der Waals surface area (Å²) in [7, 11) is 0. The standard InChI is InChI=1S/C46H85NO4/c1-7-12-29-42(6)37-40-50-45(48)34-27-23-19-15-17-21-25-32-43(36-39-47(10-4)11-5)33-26-22-18-16-20-24-28-35-46(49)51-41-38-44(30-13-8-2)31-14-9-3/h30,42-44H,2,7,9-12,14-29,31-41H2,1,3-6H3. The topological polar surface area (TPSA) is 55.8 Å². The van der Waals surface area contributed by atoms with E-state index in [1.165, 1.54) is 122 Å². The maximum Gasteiger partial charge on any atom is 0.305 e. The fraction of sp³-hybridized carbons (Fsp3) is 0.870. The van der Waals surface area contributed by atoms with Gasteiger partial charge in [0, 0.05) is 12.8 Å². The average Bonchev–Trinajstić information content (AvgIpc) is 3.13. The molecule has 0 amide bonds. The van der Waals surface area contributed by atoms with Gasteiger partial charge in [-0.15, -0.1) is 0 Å². The summed E-state index contributed by atoms with van der Waals surface area (Å²) in [5.74, 6) is 1.85. The number of esters is 2. The second-order valence-corrected chi connectivity index (χ2v) is 15.4. The molecule has 0 radical (unpaired) electrons. The number of carbonyl (C=O) groups is 2. The molecule has 0 aromatic carbocycles. The molecular formula is C46H85NO4. The molecule has 0 saturated carbocycles. The van der Waals surface area contributed by atoms with Gasteiger partial charge in [-0.1, -0.05) is 168 Å². The van der Waals surface area contributed by atoms with Gasteiger partial charge in [0.05, 0.1) is 13.2 Å². The monoisotopic (exact) mass is 716 g/mol. The zero-order valence-electron chi connectivity index (χ0n) is 34.7. The summed E-state index contributed by atoms with van der Waals surface area (Å²) in [6.07, 6.45) is 33.6. The molecule has 0 aromatic rings. The van der Waals surface area contributed by atoms with Crippen LogP contribution in [0.1, 0.15) is 208 Å². The molecular weight excluding hydrogens is 631 g/mol. The molecule has 0 aliphatic rings. The molecule has 0 N–H and O–H groups in total. The van der Waals surface area contributed by atoms with Crippen molar-refractivity contribution >= 4 is 11.9 Å². The minimum absolute atomic E-state index is 0.00308. The molecule has 0 bridgehead atoms. The maximum absolute atomic E-state index is 12.2. The highest BCUT2D eigenvalue weighted by atomic mass is 16.5. The normalized spacial score (nSPS) is 13.0. The SMILES string of the molecule is C=C=C=CC(CCCC)CCOC(=O)CCCCCCCCCC(CCCCCCCCCC(=O)OCCC(C)CCCC)CCN(CC)CC. The van der Waals surface area contributed by atoms with Gasteiger partial charge >= 0.3 is 11.9 Å². The van der Waals surface area contributed by atoms with Crippen LogP contribution >= 0.6 is 0 Å². The van der Waals surface area contributed by atoms with Crippen molar-refractivity contribution in [3.8, 4) is 0 Å². The van der Waals surface area contributed by atoms with Gasteiger partial charge in [0.2, 0.25) is 0 Å². The van der Waals surface area contributed by atoms with Crippen molar-refractivity contribution in [2.75, 3.05) is 32.8 Å². The highest BCUT2D eigenvalue weighted by Crippen LogP contribution is 2.23. The molecule has 0 aliphatic heterocycles. The predicted octanol–water partition coefficient (Wildman–Crippen LogP) is 13.4. The number of allylic oxidation sites excluding steroid dienone is 1. The van der Waals surface area contributed by atoms with E-state index in [1.54, 1.807) is 0 Å². The number of carbonyl (C=O) groups excluding carboxylic acids is 2. The Morgan fingerprint density at radius 3 is 1.55 bits per heavy atom. The summed E-state index contributed by atoms with van der Waals surface area (Å²) in [4.78, 5) is 26.8. The van der Waals surface area contributed by atoms with Gasteiger partial charge in [-0.2, -0.15) is 0 Å². The van der Waals surface area contributed by atoms with Gasteiger partial charge in [-0.3, -0.25) is 9.59 Å². The summed E-state index contributed by atoms with van der Waals surface area (Å²) >= 11 is 0. The van der Waals surface area contributed by atoms with Crippen molar-refractivity contribution in [2.24, 2.45) is 17.8 Å². The molecule has 3 atom stereocenters. The van der Waals surface area contributed by atoms with Crippen LogP contribution in [0.25, 0.3) is 0 Å². The third kappa shape index (κ3) is 33.8. The lowest BCUT2D eigenvalue weighted by Gasteiger charge is -2.23. The molecule has 0 aliphatic carbocycles. The Labute approximate surface area is 317 Å². The minimum atomic E-state index is -0.0458. The van der Waals surface area contributed by atoms with Crippen LogP contribution in [0.4, 0.5) is 0 Å². The molecule has 5 nitrogen and oxygen atoms in total. The Kier molecular flexibility index (Phi) is 36.6. The van der Waals surface area contributed by atoms with Crippen molar-refractivity contribution in [3.05, 3.63) is 24.1 Å². The summed E-state index contributed by atoms with van der Waals surface area (Å²) < 4.78 is 11.0. The quantitative estimate of drug-likeness (QED) is 0.0362. The van der Waals surface area contributed by atoms with Crippen LogP contribution in [0.3, 0.4) is 0 Å². The van der Waals surface area contributed by atoms with Gasteiger partial charge < -0.3 is 14.4 Å². The number of nitrogens with zero attached hydrogens (tertiary/aromatic N) is 1. The van der Waals surface area contributed by atoms with Crippen LogP contribution in [0.2, 0.25) is 0 Å². The van der Waals surface area contributed by atoms with E-state index >= 15 is 0 Å². The third-order valence-corrected chi connectivity index (χ3v) is 10.8. The molecule has 0 fully saturated rings. The molecule has 3 unspecified atom stereocenters. The lowest BCUT2D eigenvalue weighted by molar-refractivity contribution is -0.145. The molecule has 0 saturated heterocycles. The Balaban J connectivity index is 4.01. The van der Waals surface area contributed by atoms with Gasteiger partial charge in [0.1, 0.15) is 0 Å². The molecule has 0 spiro atoms. The number of hydrogen-bond donors (Lipinski definition) is 0. The van der Waals surface area contributed by atoms with Crippen LogP contribution in [0, 0.1) is 17.8 Å². The summed E-state index contributed by atoms with van der Waals surface area (Å²) in [5, 5.41) is 0. The van der Waals surface area contributed by atoms with E-state index in [4.69, 9.17) is 9.47 Å². The molecule has 5 heteroatoms. The Morgan fingerprint density at radius 2 is 1.06 bits per heavy atom. The molecule has 51 heavy (non-hydrogen) atoms. The predicted molar refractivity (Wildman–Crippen MR) is 219 cm³/mol. The van der Waals surface area contributed by atoms with E-state index < -0.39 is 0 Å². The van der Waals surface area contributed by atoms with E-state index in [0.29, 0.717) is 37.9 Å². The second kappa shape index (κ2) is 37.9. The fourth-order valence-corrected chi connectivity index (χ4v) is 7.00. The largest absolute Gasteiger partial charge is 0.466 e. The highest BCUT2D eigenvalue weighted by molar-refractivity contribution is 5.69. The number of unbranched alkanes of at least 4 members (excludes halogenated alkanes) is 14. The van der Waals surface area contributed by atoms with E-state index in [9.17, 15) is 9.59 Å². The van der Waals surface area contributed by atoms with Crippen LogP contribution in [-0.2, 0) is 19.1 Å². The lowest BCUT2D eigenvalue weighted by atomic mass is 9.91. The van der Waals surface area contributed by atoms with E-state index in [2.05, 4.69) is 57.6 Å². The Morgan fingerprint density at radius 1 is 0.588 bits per heavy atom. The number of ether oxygens (including phenoxy) is 2. The maximum atomic E-state index is 12.2. The van der Waals surface area contributed by atoms with Crippen molar-refractivity contribution in [1.29, 1.82) is 0 Å². The van der Waals surface area contributed by atoms with Crippen LogP contribution in [-0.4, -0.2) is 49.7 Å². The first kappa shape index (κ1) is 49.2. The second-order valence-electron chi connectivity index (χ2n) is 15.4. The van der Waals surface area contributed by atoms with Crippen molar-refractivity contribution < 1.29 is 19.1 Å². The van der Waals surface area contributed by atoms with E-state index in [0.717, 1.165) is 64.0 Å². The van der Waals surface area contributed by atoms with Crippen LogP contribution in [0.15, 0.2) is 24.1 Å². The molecule has 0 heterocycles. The van der Waals surface area contributed by atoms with E-state index in [1.807, 2.05) is 6.08 Å². The smallest absolute Gasteiger partial charge is 0.305 e. The Bertz CT molecular complexity index is 870. The van der Waals surface area contributed by atoms with Crippen LogP contribution in [0.5, 0.6) is 0 Å². The van der Waals surface area contributed by atoms with Gasteiger partial charge in [-0.25, -0.2) is 0 Å². The summed E-state index contributed by atoms with van der Waals surface area (Å²) in [6, 6.07) is 0. The molecule has 0 rings (SSSR count). The average molecular weight is 716 g/mol. The molecule has 0 aromatic heterocycles. The first-order valence-electron chi connectivity index (χ1n) is 22.0. The van der Waals surface area contributed by atoms with Crippen LogP contribution < -0.4 is 0 Å². The zero-order valence-corrected chi connectivity index (χ0v) is 34.7. The van der Waals surface area contributed by atoms with Crippen molar-refractivity contribution in [2.45, 2.75) is 208 Å². The Hall–Kier alpha value is -1.80. The van der Waals surface area contributed by atoms with Gasteiger partial charge in [0.15, 0.2) is 0 Å². The minimum Gasteiger partial charge on any atom is -0.466 e. The van der Waals surface area contributed by atoms with Gasteiger partial charge in [-0.05, 0) is 88.6 Å². The summed E-state index contributed by atoms with van der Waals surface area (Å²) in [5.41, 5.74) is 5.67. The summed E-state index contributed by atoms with van der Waals surface area (Å²) in [6.45, 7) is 19.5. The first-order chi connectivity index (χ1) is 24.9.